The van der Waals surface area contributed by atoms with E-state index >= 15 is 0 Å². The van der Waals surface area contributed by atoms with Crippen molar-refractivity contribution in [1.82, 2.24) is 0 Å². The molecule has 0 unspecified atom stereocenters. The topological polar surface area (TPSA) is 90.6 Å². The molecule has 3 aliphatic heterocycles. The first-order valence-electron chi connectivity index (χ1n) is 7.61. The Kier molecular flexibility index (Phi) is 3.39. The first kappa shape index (κ1) is 16.6. The van der Waals surface area contributed by atoms with Crippen LogP contribution in [0.2, 0.25) is 0 Å². The van der Waals surface area contributed by atoms with Crippen LogP contribution in [0.4, 0.5) is 18.9 Å². The highest BCUT2D eigenvalue weighted by Crippen LogP contribution is 2.49. The monoisotopic (exact) mass is 374 g/mol. The van der Waals surface area contributed by atoms with Gasteiger partial charge in [-0.1, -0.05) is 0 Å². The molecule has 0 radical (unpaired) electrons. The van der Waals surface area contributed by atoms with E-state index in [4.69, 9.17) is 10.00 Å². The smallest absolute Gasteiger partial charge is 0.390 e. The number of hydrogen-bond acceptors (Lipinski definition) is 5. The zero-order chi connectivity index (χ0) is 18.1. The first-order chi connectivity index (χ1) is 11.6. The maximum absolute atomic E-state index is 13.1. The zero-order valence-electron chi connectivity index (χ0n) is 12.6. The summed E-state index contributed by atoms with van der Waals surface area (Å²) >= 11 is 0. The summed E-state index contributed by atoms with van der Waals surface area (Å²) in [5, 5.41) is 17.9. The first-order valence-corrected chi connectivity index (χ1v) is 9.11. The summed E-state index contributed by atoms with van der Waals surface area (Å²) in [5.74, 6) is -0.483. The molecule has 10 heteroatoms. The maximum atomic E-state index is 13.1. The molecular formula is C15H13F3N2O4S. The van der Waals surface area contributed by atoms with Crippen LogP contribution in [0.3, 0.4) is 0 Å². The lowest BCUT2D eigenvalue weighted by Gasteiger charge is -2.22. The van der Waals surface area contributed by atoms with Crippen LogP contribution in [0, 0.1) is 17.2 Å². The minimum Gasteiger partial charge on any atom is -0.390 e. The van der Waals surface area contributed by atoms with E-state index < -0.39 is 56.8 Å². The van der Waals surface area contributed by atoms with Crippen molar-refractivity contribution in [2.75, 3.05) is 10.8 Å². The molecular weight excluding hydrogens is 361 g/mol. The Morgan fingerprint density at radius 2 is 2.08 bits per heavy atom. The van der Waals surface area contributed by atoms with Crippen molar-refractivity contribution < 1.29 is 31.4 Å². The third-order valence-electron chi connectivity index (χ3n) is 5.14. The largest absolute Gasteiger partial charge is 0.417 e. The van der Waals surface area contributed by atoms with Crippen molar-refractivity contribution in [2.24, 2.45) is 5.92 Å². The second-order valence-corrected chi connectivity index (χ2v) is 8.50. The summed E-state index contributed by atoms with van der Waals surface area (Å²) in [7, 11) is -3.91. The summed E-state index contributed by atoms with van der Waals surface area (Å²) in [6.07, 6.45) is -6.57. The van der Waals surface area contributed by atoms with Gasteiger partial charge in [-0.05, 0) is 18.2 Å². The molecule has 2 bridgehead atoms. The second-order valence-electron chi connectivity index (χ2n) is 6.49. The molecule has 134 valence electrons. The number of hydrogen-bond donors (Lipinski definition) is 1. The van der Waals surface area contributed by atoms with E-state index in [1.165, 1.54) is 12.1 Å². The molecule has 1 aromatic carbocycles. The van der Waals surface area contributed by atoms with E-state index in [2.05, 4.69) is 0 Å². The number of aliphatic hydroxyl groups excluding tert-OH is 1. The summed E-state index contributed by atoms with van der Waals surface area (Å²) in [4.78, 5) is 0. The van der Waals surface area contributed by atoms with Crippen molar-refractivity contribution in [2.45, 2.75) is 36.2 Å². The van der Waals surface area contributed by atoms with E-state index in [1.807, 2.05) is 0 Å². The lowest BCUT2D eigenvalue weighted by atomic mass is 9.87. The second kappa shape index (κ2) is 5.09. The van der Waals surface area contributed by atoms with Gasteiger partial charge in [-0.25, -0.2) is 8.42 Å². The molecule has 1 N–H and O–H groups in total. The van der Waals surface area contributed by atoms with Crippen LogP contribution in [-0.4, -0.2) is 43.6 Å². The number of anilines is 1. The van der Waals surface area contributed by atoms with E-state index in [0.29, 0.717) is 6.07 Å². The Morgan fingerprint density at radius 3 is 2.72 bits per heavy atom. The Hall–Kier alpha value is -1.83. The SMILES string of the molecule is N#Cc1ccc(N2C[C@H]3[C@@H]4O[C@@H](C[C@@H]4O)[C@H]3S2(=O)=O)cc1C(F)(F)F. The van der Waals surface area contributed by atoms with Crippen molar-refractivity contribution in [3.05, 3.63) is 29.3 Å². The van der Waals surface area contributed by atoms with Gasteiger partial charge in [0, 0.05) is 18.9 Å². The number of halogens is 3. The van der Waals surface area contributed by atoms with Crippen LogP contribution in [0.1, 0.15) is 17.5 Å². The number of sulfonamides is 1. The number of nitriles is 1. The Labute approximate surface area is 141 Å². The van der Waals surface area contributed by atoms with Crippen molar-refractivity contribution >= 4 is 15.7 Å². The minimum atomic E-state index is -4.77. The van der Waals surface area contributed by atoms with Crippen molar-refractivity contribution in [3.8, 4) is 6.07 Å². The summed E-state index contributed by atoms with van der Waals surface area (Å²) in [6.45, 7) is -0.0472. The van der Waals surface area contributed by atoms with Crippen LogP contribution >= 0.6 is 0 Å². The Morgan fingerprint density at radius 1 is 1.36 bits per heavy atom. The number of rotatable bonds is 1. The summed E-state index contributed by atoms with van der Waals surface area (Å²) in [6, 6.07) is 4.33. The van der Waals surface area contributed by atoms with E-state index in [0.717, 1.165) is 10.4 Å². The molecule has 0 spiro atoms. The number of alkyl halides is 3. The van der Waals surface area contributed by atoms with Gasteiger partial charge >= 0.3 is 6.18 Å². The highest BCUT2D eigenvalue weighted by atomic mass is 32.2. The van der Waals surface area contributed by atoms with Crippen LogP contribution in [-0.2, 0) is 20.9 Å². The Balaban J connectivity index is 1.76. The highest BCUT2D eigenvalue weighted by molar-refractivity contribution is 7.93. The van der Waals surface area contributed by atoms with Gasteiger partial charge in [-0.3, -0.25) is 4.31 Å². The minimum absolute atomic E-state index is 0.0472. The number of nitrogens with zero attached hydrogens (tertiary/aromatic N) is 2. The maximum Gasteiger partial charge on any atom is 0.417 e. The lowest BCUT2D eigenvalue weighted by molar-refractivity contribution is -0.137. The van der Waals surface area contributed by atoms with Gasteiger partial charge < -0.3 is 9.84 Å². The fourth-order valence-electron chi connectivity index (χ4n) is 4.12. The molecule has 0 aliphatic carbocycles. The number of fused-ring (bicyclic) bond motifs is 5. The molecule has 3 saturated heterocycles. The normalized spacial score (nSPS) is 35.6. The predicted molar refractivity (Wildman–Crippen MR) is 79.0 cm³/mol. The summed E-state index contributed by atoms with van der Waals surface area (Å²) in [5.41, 5.74) is -1.86. The molecule has 4 rings (SSSR count). The van der Waals surface area contributed by atoms with E-state index in [-0.39, 0.29) is 18.7 Å². The average molecular weight is 374 g/mol. The van der Waals surface area contributed by atoms with Crippen LogP contribution in [0.15, 0.2) is 18.2 Å². The molecule has 3 heterocycles. The van der Waals surface area contributed by atoms with Crippen LogP contribution in [0.25, 0.3) is 0 Å². The quantitative estimate of drug-likeness (QED) is 0.799. The highest BCUT2D eigenvalue weighted by Gasteiger charge is 2.64. The molecule has 25 heavy (non-hydrogen) atoms. The molecule has 6 nitrogen and oxygen atoms in total. The van der Waals surface area contributed by atoms with Gasteiger partial charge in [0.2, 0.25) is 10.0 Å². The third-order valence-corrected chi connectivity index (χ3v) is 7.46. The van der Waals surface area contributed by atoms with Gasteiger partial charge in [-0.15, -0.1) is 0 Å². The van der Waals surface area contributed by atoms with Gasteiger partial charge in [0.05, 0.1) is 41.2 Å². The van der Waals surface area contributed by atoms with Crippen molar-refractivity contribution in [1.29, 1.82) is 5.26 Å². The van der Waals surface area contributed by atoms with Gasteiger partial charge in [-0.2, -0.15) is 18.4 Å². The average Bonchev–Trinajstić information content (AvgIpc) is 3.15. The van der Waals surface area contributed by atoms with Gasteiger partial charge in [0.15, 0.2) is 0 Å². The molecule has 0 saturated carbocycles. The molecule has 1 aromatic rings. The molecule has 0 aromatic heterocycles. The molecule has 3 aliphatic rings. The fourth-order valence-corrected chi connectivity index (χ4v) is 6.44. The lowest BCUT2D eigenvalue weighted by Crippen LogP contribution is -2.40. The fraction of sp³-hybridized carbons (Fsp3) is 0.533. The van der Waals surface area contributed by atoms with Crippen molar-refractivity contribution in [3.63, 3.8) is 0 Å². The Bertz CT molecular complexity index is 880. The molecule has 5 atom stereocenters. The van der Waals surface area contributed by atoms with E-state index in [9.17, 15) is 26.7 Å². The van der Waals surface area contributed by atoms with Crippen LogP contribution in [0.5, 0.6) is 0 Å². The van der Waals surface area contributed by atoms with Crippen LogP contribution < -0.4 is 4.31 Å². The third kappa shape index (κ3) is 2.26. The molecule has 0 amide bonds. The number of ether oxygens (including phenoxy) is 1. The zero-order valence-corrected chi connectivity index (χ0v) is 13.5. The predicted octanol–water partition coefficient (Wildman–Crippen LogP) is 1.24. The number of aliphatic hydroxyl groups is 1. The van der Waals surface area contributed by atoms with Gasteiger partial charge in [0.1, 0.15) is 5.25 Å². The standard InChI is InChI=1S/C15H13F3N2O4S/c16-15(17,18)10-3-8(2-1-7(10)5-19)20-6-9-13-11(21)4-12(24-13)14(9)25(20,22)23/h1-3,9,11-14,21H,4,6H2/t9-,11-,12-,13-,14-/m0/s1. The van der Waals surface area contributed by atoms with Gasteiger partial charge in [0.25, 0.3) is 0 Å². The number of benzene rings is 1. The summed E-state index contributed by atoms with van der Waals surface area (Å²) < 4.78 is 71.5. The molecule has 3 fully saturated rings. The van der Waals surface area contributed by atoms with E-state index in [1.54, 1.807) is 0 Å².